The molecule has 0 unspecified atom stereocenters. The third-order valence-electron chi connectivity index (χ3n) is 4.18. The molecule has 1 aliphatic rings. The van der Waals surface area contributed by atoms with Gasteiger partial charge < -0.3 is 4.74 Å². The zero-order valence-electron chi connectivity index (χ0n) is 14.5. The first-order valence-electron chi connectivity index (χ1n) is 9.10. The zero-order chi connectivity index (χ0) is 16.5. The van der Waals surface area contributed by atoms with Crippen molar-refractivity contribution in [3.63, 3.8) is 0 Å². The van der Waals surface area contributed by atoms with E-state index in [1.165, 1.54) is 43.4 Å². The zero-order valence-corrected chi connectivity index (χ0v) is 15.3. The molecule has 23 heavy (non-hydrogen) atoms. The molecule has 0 bridgehead atoms. The van der Waals surface area contributed by atoms with Crippen molar-refractivity contribution in [3.05, 3.63) is 11.6 Å². The minimum absolute atomic E-state index is 0.206. The molecular weight excluding hydrogens is 306 g/mol. The minimum atomic E-state index is 0.206. The molecule has 0 radical (unpaired) electrons. The van der Waals surface area contributed by atoms with E-state index in [4.69, 9.17) is 9.73 Å². The van der Waals surface area contributed by atoms with Gasteiger partial charge in [0.15, 0.2) is 10.8 Å². The van der Waals surface area contributed by atoms with Gasteiger partial charge in [-0.3, -0.25) is 4.79 Å². The summed E-state index contributed by atoms with van der Waals surface area (Å²) in [6.45, 7) is 5.10. The fraction of sp³-hybridized carbons (Fsp3) is 0.684. The van der Waals surface area contributed by atoms with Crippen molar-refractivity contribution in [3.8, 4) is 5.06 Å². The summed E-state index contributed by atoms with van der Waals surface area (Å²) >= 11 is 1.51. The quantitative estimate of drug-likeness (QED) is 0.443. The number of ketones is 1. The van der Waals surface area contributed by atoms with Crippen molar-refractivity contribution in [2.75, 3.05) is 6.61 Å². The van der Waals surface area contributed by atoms with Crippen LogP contribution in [0.1, 0.15) is 88.4 Å². The molecule has 1 aromatic rings. The third-order valence-corrected chi connectivity index (χ3v) is 5.12. The Morgan fingerprint density at radius 2 is 1.83 bits per heavy atom. The van der Waals surface area contributed by atoms with Crippen molar-refractivity contribution in [2.45, 2.75) is 78.1 Å². The fourth-order valence-electron chi connectivity index (χ4n) is 2.75. The average molecular weight is 336 g/mol. The maximum Gasteiger partial charge on any atom is 0.176 e. The van der Waals surface area contributed by atoms with Gasteiger partial charge in [-0.15, -0.1) is 0 Å². The van der Waals surface area contributed by atoms with Crippen LogP contribution in [0.15, 0.2) is 11.1 Å². The van der Waals surface area contributed by atoms with Crippen LogP contribution in [0.3, 0.4) is 0 Å². The van der Waals surface area contributed by atoms with Gasteiger partial charge >= 0.3 is 0 Å². The van der Waals surface area contributed by atoms with Gasteiger partial charge in [0.25, 0.3) is 0 Å². The molecule has 2 heterocycles. The van der Waals surface area contributed by atoms with Crippen LogP contribution in [0.4, 0.5) is 5.00 Å². The Morgan fingerprint density at radius 1 is 1.09 bits per heavy atom. The Morgan fingerprint density at radius 3 is 2.61 bits per heavy atom. The van der Waals surface area contributed by atoms with E-state index in [-0.39, 0.29) is 5.78 Å². The van der Waals surface area contributed by atoms with Crippen LogP contribution < -0.4 is 4.74 Å². The van der Waals surface area contributed by atoms with Gasteiger partial charge in [-0.1, -0.05) is 63.7 Å². The number of Topliss-reactive ketones (excluding diaryl/α,β-unsaturated/α-hetero) is 1. The van der Waals surface area contributed by atoms with Crippen molar-refractivity contribution < 1.29 is 9.53 Å². The second-order valence-corrected chi connectivity index (χ2v) is 7.28. The second kappa shape index (κ2) is 9.86. The first-order chi connectivity index (χ1) is 11.2. The largest absolute Gasteiger partial charge is 0.484 e. The van der Waals surface area contributed by atoms with Gasteiger partial charge in [-0.25, -0.2) is 4.99 Å². The van der Waals surface area contributed by atoms with Gasteiger partial charge in [-0.2, -0.15) is 0 Å². The van der Waals surface area contributed by atoms with E-state index in [0.29, 0.717) is 6.42 Å². The molecule has 1 aliphatic heterocycles. The third kappa shape index (κ3) is 5.76. The molecular formula is C19H29NO2S. The maximum atomic E-state index is 12.3. The highest BCUT2D eigenvalue weighted by Crippen LogP contribution is 2.40. The van der Waals surface area contributed by atoms with Crippen molar-refractivity contribution in [1.29, 1.82) is 0 Å². The summed E-state index contributed by atoms with van der Waals surface area (Å²) in [4.78, 5) is 17.0. The highest BCUT2D eigenvalue weighted by atomic mass is 32.1. The summed E-state index contributed by atoms with van der Waals surface area (Å²) in [6, 6.07) is 1.88. The molecule has 2 rings (SSSR count). The molecule has 1 aromatic heterocycles. The molecule has 0 saturated heterocycles. The van der Waals surface area contributed by atoms with E-state index in [2.05, 4.69) is 13.8 Å². The number of hydrogen-bond donors (Lipinski definition) is 0. The summed E-state index contributed by atoms with van der Waals surface area (Å²) in [6.07, 6.45) is 11.3. The van der Waals surface area contributed by atoms with Crippen LogP contribution in [0, 0.1) is 0 Å². The molecule has 0 saturated carbocycles. The fourth-order valence-corrected chi connectivity index (χ4v) is 3.71. The number of thiophene rings is 1. The summed E-state index contributed by atoms with van der Waals surface area (Å²) in [5, 5.41) is 1.69. The highest BCUT2D eigenvalue weighted by molar-refractivity contribution is 7.18. The van der Waals surface area contributed by atoms with E-state index in [1.807, 2.05) is 6.07 Å². The lowest BCUT2D eigenvalue weighted by molar-refractivity contribution is 0.0999. The lowest BCUT2D eigenvalue weighted by Gasteiger charge is -2.10. The van der Waals surface area contributed by atoms with Crippen LogP contribution in [0.25, 0.3) is 0 Å². The average Bonchev–Trinajstić information content (AvgIpc) is 2.94. The smallest absolute Gasteiger partial charge is 0.176 e. The van der Waals surface area contributed by atoms with E-state index in [1.54, 1.807) is 0 Å². The lowest BCUT2D eigenvalue weighted by Crippen LogP contribution is -2.11. The van der Waals surface area contributed by atoms with Crippen molar-refractivity contribution in [2.24, 2.45) is 4.99 Å². The molecule has 3 nitrogen and oxygen atoms in total. The minimum Gasteiger partial charge on any atom is -0.484 e. The second-order valence-electron chi connectivity index (χ2n) is 6.28. The summed E-state index contributed by atoms with van der Waals surface area (Å²) in [5.41, 5.74) is 1.81. The van der Waals surface area contributed by atoms with E-state index < -0.39 is 0 Å². The molecule has 0 spiro atoms. The van der Waals surface area contributed by atoms with Gasteiger partial charge in [0.1, 0.15) is 5.00 Å². The van der Waals surface area contributed by atoms with E-state index >= 15 is 0 Å². The first kappa shape index (κ1) is 18.2. The lowest BCUT2D eigenvalue weighted by atomic mass is 10.00. The predicted octanol–water partition coefficient (Wildman–Crippen LogP) is 6.34. The van der Waals surface area contributed by atoms with Crippen molar-refractivity contribution >= 4 is 27.8 Å². The Kier molecular flexibility index (Phi) is 7.80. The molecule has 4 heteroatoms. The number of aliphatic imine (C=N–C) groups is 1. The number of unbranched alkanes of at least 4 members (excludes halogenated alkanes) is 6. The monoisotopic (exact) mass is 335 g/mol. The Bertz CT molecular complexity index is 533. The molecule has 0 N–H and O–H groups in total. The summed E-state index contributed by atoms with van der Waals surface area (Å²) < 4.78 is 5.72. The Labute approximate surface area is 144 Å². The molecule has 0 fully saturated rings. The van der Waals surface area contributed by atoms with Crippen LogP contribution in [-0.4, -0.2) is 18.1 Å². The van der Waals surface area contributed by atoms with Crippen LogP contribution in [0.2, 0.25) is 0 Å². The molecule has 0 amide bonds. The topological polar surface area (TPSA) is 38.7 Å². The summed E-state index contributed by atoms with van der Waals surface area (Å²) in [7, 11) is 0. The van der Waals surface area contributed by atoms with Crippen molar-refractivity contribution in [1.82, 2.24) is 0 Å². The van der Waals surface area contributed by atoms with Crippen LogP contribution in [-0.2, 0) is 0 Å². The van der Waals surface area contributed by atoms with Gasteiger partial charge in [-0.05, 0) is 19.3 Å². The molecule has 0 aromatic carbocycles. The Balaban J connectivity index is 1.84. The number of ether oxygens (including phenoxy) is 1. The van der Waals surface area contributed by atoms with E-state index in [0.717, 1.165) is 53.6 Å². The number of fused-ring (bicyclic) bond motifs is 1. The van der Waals surface area contributed by atoms with Gasteiger partial charge in [0.2, 0.25) is 0 Å². The highest BCUT2D eigenvalue weighted by Gasteiger charge is 2.23. The standard InChI is InChI=1S/C19H29NO2S/c1-3-5-7-8-9-10-11-15-13-17(21)16-14-18(22-12-6-4-2)23-19(16)20-15/h14H,3-13H2,1-2H3. The number of carbonyl (C=O) groups excluding carboxylic acids is 1. The number of nitrogens with zero attached hydrogens (tertiary/aromatic N) is 1. The Hall–Kier alpha value is -1.16. The maximum absolute atomic E-state index is 12.3. The molecule has 0 atom stereocenters. The first-order valence-corrected chi connectivity index (χ1v) is 9.92. The van der Waals surface area contributed by atoms with Crippen LogP contribution in [0.5, 0.6) is 5.06 Å². The number of hydrogen-bond acceptors (Lipinski definition) is 4. The van der Waals surface area contributed by atoms with Gasteiger partial charge in [0, 0.05) is 18.2 Å². The van der Waals surface area contributed by atoms with Gasteiger partial charge in [0.05, 0.1) is 12.2 Å². The SMILES string of the molecule is CCCCCCCCC1=Nc2sc(OCCCC)cc2C(=O)C1. The summed E-state index contributed by atoms with van der Waals surface area (Å²) in [5.74, 6) is 0.206. The number of carbonyl (C=O) groups is 1. The predicted molar refractivity (Wildman–Crippen MR) is 98.8 cm³/mol. The number of rotatable bonds is 11. The molecule has 128 valence electrons. The van der Waals surface area contributed by atoms with Crippen LogP contribution >= 0.6 is 11.3 Å². The van der Waals surface area contributed by atoms with E-state index in [9.17, 15) is 4.79 Å². The normalized spacial score (nSPS) is 13.8. The molecule has 0 aliphatic carbocycles.